The number of anilines is 1. The van der Waals surface area contributed by atoms with E-state index in [9.17, 15) is 13.2 Å². The number of hydrogen-bond donors (Lipinski definition) is 2. The van der Waals surface area contributed by atoms with Gasteiger partial charge in [0.05, 0.1) is 25.7 Å². The number of carbonyl (C=O) groups is 1. The number of sulfonamides is 1. The fraction of sp³-hybridized carbons (Fsp3) is 0.235. The highest BCUT2D eigenvalue weighted by Gasteiger charge is 2.18. The average molecular weight is 452 g/mol. The summed E-state index contributed by atoms with van der Waals surface area (Å²) < 4.78 is 32.1. The lowest BCUT2D eigenvalue weighted by Gasteiger charge is -2.13. The first-order valence-corrected chi connectivity index (χ1v) is 10.4. The molecule has 0 unspecified atom stereocenters. The standard InChI is InChI=1S/C17H17Cl3N2O4S/c1-10(2)22-27(24,25)11-6-7-15(14(20)8-11)26-9-16(23)21-17-12(18)4-3-5-13(17)19/h3-8,10,22H,9H2,1-2H3,(H,21,23). The van der Waals surface area contributed by atoms with Crippen molar-refractivity contribution in [3.8, 4) is 5.75 Å². The van der Waals surface area contributed by atoms with E-state index in [0.29, 0.717) is 10.0 Å². The van der Waals surface area contributed by atoms with Crippen LogP contribution in [0.15, 0.2) is 41.3 Å². The molecule has 0 aliphatic rings. The molecule has 0 saturated heterocycles. The van der Waals surface area contributed by atoms with Crippen LogP contribution < -0.4 is 14.8 Å². The summed E-state index contributed by atoms with van der Waals surface area (Å²) in [7, 11) is -3.68. The first kappa shape index (κ1) is 21.8. The van der Waals surface area contributed by atoms with E-state index in [1.54, 1.807) is 32.0 Å². The summed E-state index contributed by atoms with van der Waals surface area (Å²) in [4.78, 5) is 12.0. The molecule has 0 saturated carbocycles. The Balaban J connectivity index is 2.05. The Bertz CT molecular complexity index is 929. The molecule has 0 atom stereocenters. The Kier molecular flexibility index (Phi) is 7.36. The second kappa shape index (κ2) is 9.12. The SMILES string of the molecule is CC(C)NS(=O)(=O)c1ccc(OCC(=O)Nc2c(Cl)cccc2Cl)c(Cl)c1. The van der Waals surface area contributed by atoms with Crippen molar-refractivity contribution < 1.29 is 17.9 Å². The highest BCUT2D eigenvalue weighted by Crippen LogP contribution is 2.30. The van der Waals surface area contributed by atoms with Gasteiger partial charge in [0.1, 0.15) is 5.75 Å². The van der Waals surface area contributed by atoms with Gasteiger partial charge in [0.15, 0.2) is 6.61 Å². The topological polar surface area (TPSA) is 84.5 Å². The lowest BCUT2D eigenvalue weighted by atomic mass is 10.3. The van der Waals surface area contributed by atoms with Gasteiger partial charge >= 0.3 is 0 Å². The second-order valence-electron chi connectivity index (χ2n) is 5.80. The maximum atomic E-state index is 12.1. The summed E-state index contributed by atoms with van der Waals surface area (Å²) in [5.41, 5.74) is 0.279. The number of para-hydroxylation sites is 1. The minimum absolute atomic E-state index is 0.000788. The van der Waals surface area contributed by atoms with Crippen molar-refractivity contribution in [3.63, 3.8) is 0 Å². The third-order valence-electron chi connectivity index (χ3n) is 3.19. The van der Waals surface area contributed by atoms with Gasteiger partial charge in [-0.3, -0.25) is 4.79 Å². The summed E-state index contributed by atoms with van der Waals surface area (Å²) >= 11 is 18.1. The fourth-order valence-electron chi connectivity index (χ4n) is 2.08. The van der Waals surface area contributed by atoms with Crippen LogP contribution in [0.4, 0.5) is 5.69 Å². The number of nitrogens with one attached hydrogen (secondary N) is 2. The Labute approximate surface area is 172 Å². The van der Waals surface area contributed by atoms with E-state index < -0.39 is 15.9 Å². The largest absolute Gasteiger partial charge is 0.482 e. The normalized spacial score (nSPS) is 11.5. The predicted molar refractivity (Wildman–Crippen MR) is 107 cm³/mol. The van der Waals surface area contributed by atoms with Crippen molar-refractivity contribution in [3.05, 3.63) is 51.5 Å². The highest BCUT2D eigenvalue weighted by molar-refractivity contribution is 7.89. The molecule has 2 N–H and O–H groups in total. The van der Waals surface area contributed by atoms with Gasteiger partial charge in [-0.15, -0.1) is 0 Å². The molecular formula is C17H17Cl3N2O4S. The number of rotatable bonds is 7. The zero-order chi connectivity index (χ0) is 20.2. The Morgan fingerprint density at radius 3 is 2.26 bits per heavy atom. The zero-order valence-corrected chi connectivity index (χ0v) is 17.5. The van der Waals surface area contributed by atoms with Gasteiger partial charge in [0.25, 0.3) is 5.91 Å². The summed E-state index contributed by atoms with van der Waals surface area (Å²) in [5, 5.41) is 3.19. The molecule has 0 aliphatic carbocycles. The first-order chi connectivity index (χ1) is 12.6. The zero-order valence-electron chi connectivity index (χ0n) is 14.4. The maximum Gasteiger partial charge on any atom is 0.262 e. The van der Waals surface area contributed by atoms with Gasteiger partial charge < -0.3 is 10.1 Å². The molecule has 0 aromatic heterocycles. The molecule has 2 aromatic carbocycles. The lowest BCUT2D eigenvalue weighted by molar-refractivity contribution is -0.118. The molecule has 0 aliphatic heterocycles. The van der Waals surface area contributed by atoms with Crippen molar-refractivity contribution >= 4 is 56.4 Å². The van der Waals surface area contributed by atoms with Crippen LogP contribution in [-0.2, 0) is 14.8 Å². The third-order valence-corrected chi connectivity index (χ3v) is 5.77. The highest BCUT2D eigenvalue weighted by atomic mass is 35.5. The number of amides is 1. The Morgan fingerprint density at radius 1 is 1.07 bits per heavy atom. The van der Waals surface area contributed by atoms with E-state index in [2.05, 4.69) is 10.0 Å². The fourth-order valence-corrected chi connectivity index (χ4v) is 4.15. The molecule has 0 fully saturated rings. The van der Waals surface area contributed by atoms with Crippen molar-refractivity contribution in [1.29, 1.82) is 0 Å². The molecule has 1 amide bonds. The molecule has 0 spiro atoms. The van der Waals surface area contributed by atoms with E-state index in [0.717, 1.165) is 0 Å². The molecule has 2 aromatic rings. The van der Waals surface area contributed by atoms with Crippen LogP contribution in [0.3, 0.4) is 0 Å². The molecule has 27 heavy (non-hydrogen) atoms. The Morgan fingerprint density at radius 2 is 1.70 bits per heavy atom. The van der Waals surface area contributed by atoms with E-state index >= 15 is 0 Å². The number of ether oxygens (including phenoxy) is 1. The van der Waals surface area contributed by atoms with Crippen LogP contribution >= 0.6 is 34.8 Å². The number of hydrogen-bond acceptors (Lipinski definition) is 4. The number of carbonyl (C=O) groups excluding carboxylic acids is 1. The van der Waals surface area contributed by atoms with Gasteiger partial charge in [0, 0.05) is 6.04 Å². The van der Waals surface area contributed by atoms with Crippen LogP contribution in [-0.4, -0.2) is 27.0 Å². The van der Waals surface area contributed by atoms with Crippen molar-refractivity contribution in [2.75, 3.05) is 11.9 Å². The van der Waals surface area contributed by atoms with Crippen LogP contribution in [0.5, 0.6) is 5.75 Å². The Hall–Kier alpha value is -1.51. The van der Waals surface area contributed by atoms with Crippen molar-refractivity contribution in [2.24, 2.45) is 0 Å². The summed E-state index contributed by atoms with van der Waals surface area (Å²) in [5.74, 6) is -0.334. The molecule has 0 heterocycles. The molecule has 0 radical (unpaired) electrons. The first-order valence-electron chi connectivity index (χ1n) is 7.78. The molecule has 2 rings (SSSR count). The predicted octanol–water partition coefficient (Wildman–Crippen LogP) is 4.35. The van der Waals surface area contributed by atoms with Crippen molar-refractivity contribution in [2.45, 2.75) is 24.8 Å². The lowest BCUT2D eigenvalue weighted by Crippen LogP contribution is -2.30. The summed E-state index contributed by atoms with van der Waals surface area (Å²) in [6, 6.07) is 8.55. The van der Waals surface area contributed by atoms with E-state index in [1.165, 1.54) is 18.2 Å². The van der Waals surface area contributed by atoms with Crippen LogP contribution in [0.1, 0.15) is 13.8 Å². The van der Waals surface area contributed by atoms with Gasteiger partial charge in [-0.1, -0.05) is 40.9 Å². The van der Waals surface area contributed by atoms with Crippen LogP contribution in [0, 0.1) is 0 Å². The van der Waals surface area contributed by atoms with Crippen LogP contribution in [0.2, 0.25) is 15.1 Å². The van der Waals surface area contributed by atoms with Gasteiger partial charge in [-0.2, -0.15) is 0 Å². The number of benzene rings is 2. The minimum Gasteiger partial charge on any atom is -0.482 e. The molecule has 0 bridgehead atoms. The van der Waals surface area contributed by atoms with E-state index in [1.807, 2.05) is 0 Å². The average Bonchev–Trinajstić information content (AvgIpc) is 2.56. The second-order valence-corrected chi connectivity index (χ2v) is 8.74. The smallest absolute Gasteiger partial charge is 0.262 e. The van der Waals surface area contributed by atoms with Gasteiger partial charge in [-0.25, -0.2) is 13.1 Å². The summed E-state index contributed by atoms with van der Waals surface area (Å²) in [6.07, 6.45) is 0. The van der Waals surface area contributed by atoms with E-state index in [-0.39, 0.29) is 34.0 Å². The van der Waals surface area contributed by atoms with Gasteiger partial charge in [0.2, 0.25) is 10.0 Å². The quantitative estimate of drug-likeness (QED) is 0.655. The molecule has 146 valence electrons. The molecular weight excluding hydrogens is 435 g/mol. The van der Waals surface area contributed by atoms with E-state index in [4.69, 9.17) is 39.5 Å². The number of halogens is 3. The molecule has 10 heteroatoms. The molecule has 6 nitrogen and oxygen atoms in total. The minimum atomic E-state index is -3.68. The van der Waals surface area contributed by atoms with Crippen molar-refractivity contribution in [1.82, 2.24) is 4.72 Å². The van der Waals surface area contributed by atoms with Gasteiger partial charge in [-0.05, 0) is 44.2 Å². The third kappa shape index (κ3) is 5.99. The maximum absolute atomic E-state index is 12.1. The summed E-state index contributed by atoms with van der Waals surface area (Å²) in [6.45, 7) is 3.05. The van der Waals surface area contributed by atoms with Crippen LogP contribution in [0.25, 0.3) is 0 Å². The monoisotopic (exact) mass is 450 g/mol.